The number of nitrogens with zero attached hydrogens (tertiary/aromatic N) is 18. The fourth-order valence-corrected chi connectivity index (χ4v) is 15.9. The molecule has 31 nitrogen and oxygen atoms in total. The second-order valence-corrected chi connectivity index (χ2v) is 35.5. The number of rotatable bonds is 17. The van der Waals surface area contributed by atoms with Gasteiger partial charge in [0.25, 0.3) is 0 Å². The predicted molar refractivity (Wildman–Crippen MR) is 540 cm³/mol. The van der Waals surface area contributed by atoms with Crippen molar-refractivity contribution < 1.29 is 8.42 Å². The highest BCUT2D eigenvalue weighted by atomic mass is 79.9. The number of hydrogen-bond acceptors (Lipinski definition) is 25. The minimum Gasteiger partial charge on any atom is -0.384 e. The fraction of sp³-hybridized carbons (Fsp3) is 0.0323. The molecule has 0 radical (unpaired) electrons. The molecule has 18 aromatic heterocycles. The average Bonchev–Trinajstić information content (AvgIpc) is 1.71. The van der Waals surface area contributed by atoms with Gasteiger partial charge in [-0.1, -0.05) is 183 Å². The number of aromatic nitrogens is 24. The van der Waals surface area contributed by atoms with Crippen LogP contribution in [0.4, 0.5) is 40.5 Å². The molecule has 0 aliphatic heterocycles. The Kier molecular flexibility index (Phi) is 28.9. The van der Waals surface area contributed by atoms with Crippen LogP contribution in [0.1, 0.15) is 11.1 Å². The van der Waals surface area contributed by atoms with Crippen molar-refractivity contribution in [2.75, 3.05) is 33.3 Å². The molecule has 18 heterocycles. The quantitative estimate of drug-likeness (QED) is 0.0377. The lowest BCUT2D eigenvalue weighted by Gasteiger charge is -2.08. The number of hydrogen-bond donors (Lipinski definition) is 11. The third-order valence-electron chi connectivity index (χ3n) is 19.6. The van der Waals surface area contributed by atoms with Gasteiger partial charge >= 0.3 is 0 Å². The van der Waals surface area contributed by atoms with E-state index in [9.17, 15) is 8.42 Å². The number of nitrogens with one attached hydrogen (secondary N) is 10. The molecule has 22 rings (SSSR count). The van der Waals surface area contributed by atoms with Crippen LogP contribution < -0.4 is 27.0 Å². The second-order valence-electron chi connectivity index (χ2n) is 29.0. The summed E-state index contributed by atoms with van der Waals surface area (Å²) < 4.78 is 23.9. The Morgan fingerprint density at radius 1 is 0.304 bits per heavy atom. The first kappa shape index (κ1) is 92.4. The molecule has 135 heavy (non-hydrogen) atoms. The minimum atomic E-state index is -3.19. The zero-order chi connectivity index (χ0) is 93.6. The number of sulfone groups is 1. The van der Waals surface area contributed by atoms with Crippen LogP contribution in [0.15, 0.2) is 290 Å². The van der Waals surface area contributed by atoms with Crippen LogP contribution in [0.5, 0.6) is 0 Å². The molecule has 0 fully saturated rings. The lowest BCUT2D eigenvalue weighted by molar-refractivity contribution is 0.602. The average molecular weight is 2050 g/mol. The Bertz CT molecular complexity index is 8000. The lowest BCUT2D eigenvalue weighted by Crippen LogP contribution is -2.03. The summed E-state index contributed by atoms with van der Waals surface area (Å²) in [5, 5.41) is 16.9. The Labute approximate surface area is 819 Å². The van der Waals surface area contributed by atoms with Gasteiger partial charge in [0.05, 0.1) is 76.2 Å². The highest BCUT2D eigenvalue weighted by Gasteiger charge is 2.19. The van der Waals surface area contributed by atoms with E-state index in [1.807, 2.05) is 183 Å². The summed E-state index contributed by atoms with van der Waals surface area (Å²) in [5.41, 5.74) is 27.4. The van der Waals surface area contributed by atoms with Gasteiger partial charge in [-0.3, -0.25) is 0 Å². The van der Waals surface area contributed by atoms with Crippen molar-refractivity contribution in [3.05, 3.63) is 342 Å². The van der Waals surface area contributed by atoms with E-state index in [4.69, 9.17) is 110 Å². The first-order chi connectivity index (χ1) is 65.4. The smallest absolute Gasteiger partial charge is 0.175 e. The first-order valence-electron chi connectivity index (χ1n) is 40.2. The largest absolute Gasteiger partial charge is 0.384 e. The van der Waals surface area contributed by atoms with Crippen LogP contribution in [0.2, 0.25) is 46.0 Å². The minimum absolute atomic E-state index is 0.301. The van der Waals surface area contributed by atoms with Crippen molar-refractivity contribution in [3.8, 4) is 67.5 Å². The summed E-state index contributed by atoms with van der Waals surface area (Å²) in [6.45, 7) is 1.17. The normalized spacial score (nSPS) is 11.1. The maximum absolute atomic E-state index is 11.5. The number of aromatic amines is 6. The Morgan fingerprint density at radius 3 is 0.933 bits per heavy atom. The summed E-state index contributed by atoms with van der Waals surface area (Å²) >= 11 is 56.8. The highest BCUT2D eigenvalue weighted by molar-refractivity contribution is 9.10. The van der Waals surface area contributed by atoms with Crippen LogP contribution in [-0.4, -0.2) is 134 Å². The lowest BCUT2D eigenvalue weighted by atomic mass is 10.2. The van der Waals surface area contributed by atoms with E-state index in [0.717, 1.165) is 117 Å². The Hall–Kier alpha value is -14.5. The summed E-state index contributed by atoms with van der Waals surface area (Å²) in [6, 6.07) is 63.6. The molecule has 0 aliphatic carbocycles. The molecular formula is C93H65BrCl9N29O2S. The second kappa shape index (κ2) is 42.2. The van der Waals surface area contributed by atoms with Crippen molar-refractivity contribution in [1.29, 1.82) is 0 Å². The standard InChI is InChI=1S/C19H16ClN5O2S.C18H13Cl2N5.C17H10Cl3N5.C17H12ClN5.C11H6BrClN4.C11H8ClN5/c1-28(26,27)13-7-5-12(6-8-13)9-21-17-4-2-3-15(24-17)14-10-22-19-18(14)25-16(20)11-23-19;19-12-6-4-11(5-7-12)8-21-16-3-1-2-14(24-16)13-9-22-18-17(13)25-15(20)10-23-18;18-9-4-10(19)6-11(5-9)23-15-3-1-2-13(24-15)12-7-21-17-16(12)25-14(20)8-22-17;18-14-10-20-17-16(23-14)12(9-19-17)13-7-4-8-15(22-13)21-11-5-2-1-3-6-11;12-8-3-1-2-7(16-8)6-4-14-11-10(6)17-9(13)5-15-11;12-8-5-15-11-10(17-8)6(4-14-11)7-2-1-3-9(13)16-7/h2-8,10-11H,9H2,1H3,(H,21,24)(H,22,23);1-7,9-10H,8H2,(H,21,24)(H,22,23);1-8H,(H,21,22)(H,23,24);1-10H,(H,19,20)(H,21,22);1-5H,(H,14,15);1-5H,(H2,13,16)(H,14,15). The molecular weight excluding hydrogens is 1990 g/mol. The zero-order valence-corrected chi connectivity index (χ0v) is 78.8. The third-order valence-corrected chi connectivity index (χ3v) is 23.0. The number of pyridine rings is 6. The zero-order valence-electron chi connectivity index (χ0n) is 69.6. The maximum Gasteiger partial charge on any atom is 0.175 e. The molecule has 670 valence electrons. The molecule has 0 unspecified atom stereocenters. The number of anilines is 7. The fourth-order valence-electron chi connectivity index (χ4n) is 13.5. The molecule has 12 N–H and O–H groups in total. The number of halogens is 10. The van der Waals surface area contributed by atoms with E-state index in [-0.39, 0.29) is 0 Å². The number of H-pyrrole nitrogens is 6. The van der Waals surface area contributed by atoms with E-state index in [2.05, 4.69) is 157 Å². The van der Waals surface area contributed by atoms with Crippen molar-refractivity contribution in [1.82, 2.24) is 120 Å². The van der Waals surface area contributed by atoms with Gasteiger partial charge in [-0.15, -0.1) is 0 Å². The molecule has 0 aliphatic rings. The van der Waals surface area contributed by atoms with Crippen LogP contribution in [-0.2, 0) is 22.9 Å². The van der Waals surface area contributed by atoms with Crippen LogP contribution in [0.25, 0.3) is 135 Å². The van der Waals surface area contributed by atoms with E-state index in [0.29, 0.717) is 138 Å². The van der Waals surface area contributed by atoms with Crippen LogP contribution in [0, 0.1) is 0 Å². The topological polar surface area (TPSA) is 435 Å². The van der Waals surface area contributed by atoms with E-state index in [1.54, 1.807) is 60.9 Å². The third kappa shape index (κ3) is 23.4. The predicted octanol–water partition coefficient (Wildman–Crippen LogP) is 24.5. The molecule has 42 heteroatoms. The summed E-state index contributed by atoms with van der Waals surface area (Å²) in [7, 11) is -3.19. The summed E-state index contributed by atoms with van der Waals surface area (Å²) in [5.74, 6) is 3.34. The van der Waals surface area contributed by atoms with Gasteiger partial charge in [0, 0.05) is 116 Å². The van der Waals surface area contributed by atoms with Crippen LogP contribution in [0.3, 0.4) is 0 Å². The first-order valence-corrected chi connectivity index (χ1v) is 46.3. The van der Waals surface area contributed by atoms with Crippen molar-refractivity contribution in [2.24, 2.45) is 0 Å². The van der Waals surface area contributed by atoms with E-state index < -0.39 is 9.84 Å². The van der Waals surface area contributed by atoms with Crippen molar-refractivity contribution in [3.63, 3.8) is 0 Å². The molecule has 0 bridgehead atoms. The highest BCUT2D eigenvalue weighted by Crippen LogP contribution is 2.36. The van der Waals surface area contributed by atoms with Gasteiger partial charge < -0.3 is 56.9 Å². The SMILES string of the molecule is CS(=O)(=O)c1ccc(CNc2cccc(-c3c[nH]c4ncc(Cl)nc34)n2)cc1.Clc1cc(Cl)cc(Nc2cccc(-c3c[nH]c4ncc(Cl)nc34)n2)c1.Clc1ccc(CNc2cccc(-c3c[nH]c4ncc(Cl)nc34)n2)cc1.Clc1cnc2[nH]cc(-c3cccc(Br)n3)c2n1.Clc1cnc2[nH]cc(-c3cccc(Nc4ccccc4)n3)c2n1.Nc1cccc(-c2c[nH]c3ncc(Cl)nc23)n1. The number of nitrogen functional groups attached to an aromatic ring is 1. The van der Waals surface area contributed by atoms with Crippen molar-refractivity contribution >= 4 is 238 Å². The van der Waals surface area contributed by atoms with Crippen molar-refractivity contribution in [2.45, 2.75) is 18.0 Å². The van der Waals surface area contributed by atoms with Gasteiger partial charge in [-0.2, -0.15) is 0 Å². The Morgan fingerprint density at radius 2 is 0.600 bits per heavy atom. The van der Waals surface area contributed by atoms with Gasteiger partial charge in [0.15, 0.2) is 43.7 Å². The monoisotopic (exact) mass is 2050 g/mol. The molecule has 0 spiro atoms. The Balaban J connectivity index is 0.000000114. The number of fused-ring (bicyclic) bond motifs is 6. The molecule has 22 aromatic rings. The van der Waals surface area contributed by atoms with Gasteiger partial charge in [0.1, 0.15) is 97.7 Å². The molecule has 4 aromatic carbocycles. The van der Waals surface area contributed by atoms with E-state index in [1.165, 1.54) is 43.4 Å². The number of para-hydroxylation sites is 1. The summed E-state index contributed by atoms with van der Waals surface area (Å²) in [6.07, 6.45) is 21.1. The van der Waals surface area contributed by atoms with E-state index >= 15 is 0 Å². The maximum atomic E-state index is 11.5. The van der Waals surface area contributed by atoms with Gasteiger partial charge in [-0.25, -0.2) is 98.1 Å². The number of benzene rings is 4. The molecule has 0 saturated heterocycles. The van der Waals surface area contributed by atoms with Gasteiger partial charge in [-0.05, 0) is 154 Å². The number of nitrogens with two attached hydrogens (primary N) is 1. The molecule has 0 amide bonds. The summed E-state index contributed by atoms with van der Waals surface area (Å²) in [4.78, 5) is 96.9. The van der Waals surface area contributed by atoms with Crippen LogP contribution >= 0.6 is 120 Å². The molecule has 0 saturated carbocycles. The molecule has 0 atom stereocenters. The van der Waals surface area contributed by atoms with Gasteiger partial charge in [0.2, 0.25) is 0 Å².